The van der Waals surface area contributed by atoms with Gasteiger partial charge in [-0.15, -0.1) is 0 Å². The third-order valence-corrected chi connectivity index (χ3v) is 5.29. The molecule has 30 heavy (non-hydrogen) atoms. The molecule has 0 saturated heterocycles. The van der Waals surface area contributed by atoms with Gasteiger partial charge in [-0.05, 0) is 69.7 Å². The molecular formula is C22H17ClF2N2O2S. The zero-order valence-corrected chi connectivity index (χ0v) is 17.1. The second-order valence-electron chi connectivity index (χ2n) is 6.43. The molecular weight excluding hydrogens is 430 g/mol. The van der Waals surface area contributed by atoms with E-state index in [1.807, 2.05) is 30.3 Å². The number of rotatable bonds is 7. The molecule has 2 amide bonds. The average molecular weight is 447 g/mol. The molecule has 3 aromatic carbocycles. The summed E-state index contributed by atoms with van der Waals surface area (Å²) < 4.78 is 27.1. The van der Waals surface area contributed by atoms with Crippen LogP contribution in [-0.4, -0.2) is 17.9 Å². The van der Waals surface area contributed by atoms with Crippen LogP contribution in [0.25, 0.3) is 0 Å². The summed E-state index contributed by atoms with van der Waals surface area (Å²) in [7, 11) is 6.31. The predicted molar refractivity (Wildman–Crippen MR) is 115 cm³/mol. The smallest absolute Gasteiger partial charge is 0.251 e. The first-order valence-corrected chi connectivity index (χ1v) is 10.6. The number of amides is 2. The van der Waals surface area contributed by atoms with E-state index in [0.29, 0.717) is 0 Å². The zero-order chi connectivity index (χ0) is 21.5. The summed E-state index contributed by atoms with van der Waals surface area (Å²) in [5.41, 5.74) is 1.29. The molecule has 0 bridgehead atoms. The van der Waals surface area contributed by atoms with Gasteiger partial charge in [-0.3, -0.25) is 9.59 Å². The van der Waals surface area contributed by atoms with Crippen LogP contribution in [0.4, 0.5) is 14.5 Å². The predicted octanol–water partition coefficient (Wildman–Crippen LogP) is 5.19. The molecule has 0 aliphatic rings. The molecule has 1 unspecified atom stereocenters. The van der Waals surface area contributed by atoms with E-state index in [4.69, 9.17) is 10.7 Å². The maximum atomic E-state index is 14.0. The molecule has 0 radical (unpaired) electrons. The lowest BCUT2D eigenvalue weighted by atomic mass is 10.0. The van der Waals surface area contributed by atoms with Crippen LogP contribution in [0.2, 0.25) is 0 Å². The van der Waals surface area contributed by atoms with E-state index in [9.17, 15) is 18.4 Å². The summed E-state index contributed by atoms with van der Waals surface area (Å²) in [5, 5.41) is 5.28. The molecule has 154 valence electrons. The van der Waals surface area contributed by atoms with Gasteiger partial charge in [0, 0.05) is 17.7 Å². The highest BCUT2D eigenvalue weighted by Gasteiger charge is 2.22. The molecule has 0 spiro atoms. The van der Waals surface area contributed by atoms with Gasteiger partial charge in [0.15, 0.2) is 0 Å². The van der Waals surface area contributed by atoms with Gasteiger partial charge in [-0.25, -0.2) is 8.78 Å². The van der Waals surface area contributed by atoms with Gasteiger partial charge >= 0.3 is 0 Å². The van der Waals surface area contributed by atoms with E-state index in [-0.39, 0.29) is 22.6 Å². The lowest BCUT2D eigenvalue weighted by Crippen LogP contribution is -2.45. The first kappa shape index (κ1) is 21.8. The summed E-state index contributed by atoms with van der Waals surface area (Å²) in [6.45, 7) is 0. The van der Waals surface area contributed by atoms with E-state index in [2.05, 4.69) is 10.6 Å². The van der Waals surface area contributed by atoms with Crippen LogP contribution < -0.4 is 10.6 Å². The van der Waals surface area contributed by atoms with Crippen molar-refractivity contribution in [3.8, 4) is 0 Å². The van der Waals surface area contributed by atoms with E-state index in [0.717, 1.165) is 22.6 Å². The van der Waals surface area contributed by atoms with Gasteiger partial charge in [0.05, 0.1) is 4.90 Å². The topological polar surface area (TPSA) is 58.2 Å². The standard InChI is InChI=1S/C22H17ClF2N2O2S/c23-30-20-11-10-17(13-18(20)25)26-22(29)19(12-14-4-2-1-3-5-14)27-21(28)15-6-8-16(24)9-7-15/h1-11,13,19H,12H2,(H,26,29)(H,27,28). The van der Waals surface area contributed by atoms with Crippen molar-refractivity contribution in [3.63, 3.8) is 0 Å². The quantitative estimate of drug-likeness (QED) is 0.525. The fraction of sp³-hybridized carbons (Fsp3) is 0.0909. The number of halogens is 3. The monoisotopic (exact) mass is 446 g/mol. The Bertz CT molecular complexity index is 1030. The second-order valence-corrected chi connectivity index (χ2v) is 7.49. The van der Waals surface area contributed by atoms with Crippen molar-refractivity contribution in [2.45, 2.75) is 17.4 Å². The minimum absolute atomic E-state index is 0.219. The van der Waals surface area contributed by atoms with Crippen molar-refractivity contribution >= 4 is 39.2 Å². The van der Waals surface area contributed by atoms with Gasteiger partial charge in [0.2, 0.25) is 5.91 Å². The Balaban J connectivity index is 1.79. The van der Waals surface area contributed by atoms with Gasteiger partial charge in [-0.2, -0.15) is 0 Å². The van der Waals surface area contributed by atoms with Crippen molar-refractivity contribution in [3.05, 3.63) is 95.6 Å². The first-order chi connectivity index (χ1) is 14.5. The molecule has 2 N–H and O–H groups in total. The molecule has 0 aliphatic heterocycles. The van der Waals surface area contributed by atoms with E-state index in [1.165, 1.54) is 36.4 Å². The normalized spacial score (nSPS) is 11.6. The van der Waals surface area contributed by atoms with E-state index < -0.39 is 29.5 Å². The minimum Gasteiger partial charge on any atom is -0.340 e. The summed E-state index contributed by atoms with van der Waals surface area (Å²) in [5.74, 6) is -2.07. The molecule has 4 nitrogen and oxygen atoms in total. The maximum absolute atomic E-state index is 14.0. The maximum Gasteiger partial charge on any atom is 0.251 e. The van der Waals surface area contributed by atoms with Crippen LogP contribution in [0.3, 0.4) is 0 Å². The lowest BCUT2D eigenvalue weighted by molar-refractivity contribution is -0.118. The minimum atomic E-state index is -0.935. The number of nitrogens with one attached hydrogen (secondary N) is 2. The van der Waals surface area contributed by atoms with Crippen molar-refractivity contribution < 1.29 is 18.4 Å². The van der Waals surface area contributed by atoms with Gasteiger partial charge in [0.1, 0.15) is 17.7 Å². The number of carbonyl (C=O) groups is 2. The van der Waals surface area contributed by atoms with Gasteiger partial charge < -0.3 is 10.6 Å². The Labute approximate surface area is 181 Å². The van der Waals surface area contributed by atoms with Crippen LogP contribution >= 0.6 is 21.7 Å². The Morgan fingerprint density at radius 2 is 1.67 bits per heavy atom. The van der Waals surface area contributed by atoms with E-state index >= 15 is 0 Å². The number of anilines is 1. The fourth-order valence-corrected chi connectivity index (χ4v) is 3.40. The Kier molecular flexibility index (Phi) is 7.43. The number of hydrogen-bond donors (Lipinski definition) is 2. The fourth-order valence-electron chi connectivity index (χ4n) is 2.77. The molecule has 8 heteroatoms. The van der Waals surface area contributed by atoms with Crippen LogP contribution in [0.15, 0.2) is 77.7 Å². The second kappa shape index (κ2) is 10.2. The van der Waals surface area contributed by atoms with Crippen molar-refractivity contribution in [2.75, 3.05) is 5.32 Å². The zero-order valence-electron chi connectivity index (χ0n) is 15.6. The van der Waals surface area contributed by atoms with Crippen LogP contribution in [0.1, 0.15) is 15.9 Å². The number of hydrogen-bond acceptors (Lipinski definition) is 3. The van der Waals surface area contributed by atoms with Crippen LogP contribution in [0.5, 0.6) is 0 Å². The Morgan fingerprint density at radius 1 is 0.967 bits per heavy atom. The van der Waals surface area contributed by atoms with Crippen molar-refractivity contribution in [1.29, 1.82) is 0 Å². The van der Waals surface area contributed by atoms with Crippen LogP contribution in [-0.2, 0) is 11.2 Å². The number of carbonyl (C=O) groups excluding carboxylic acids is 2. The average Bonchev–Trinajstić information content (AvgIpc) is 2.74. The third-order valence-electron chi connectivity index (χ3n) is 4.29. The largest absolute Gasteiger partial charge is 0.340 e. The van der Waals surface area contributed by atoms with Crippen LogP contribution in [0, 0.1) is 11.6 Å². The molecule has 1 atom stereocenters. The molecule has 0 aromatic heterocycles. The highest BCUT2D eigenvalue weighted by atomic mass is 35.7. The SMILES string of the molecule is O=C(NC(Cc1ccccc1)C(=O)Nc1ccc(SCl)c(F)c1)c1ccc(F)cc1. The molecule has 0 saturated carbocycles. The van der Waals surface area contributed by atoms with Gasteiger partial charge in [-0.1, -0.05) is 30.3 Å². The Hall–Kier alpha value is -2.90. The van der Waals surface area contributed by atoms with Crippen molar-refractivity contribution in [2.24, 2.45) is 0 Å². The highest BCUT2D eigenvalue weighted by Crippen LogP contribution is 2.27. The summed E-state index contributed by atoms with van der Waals surface area (Å²) in [6.07, 6.45) is 0.220. The highest BCUT2D eigenvalue weighted by molar-refractivity contribution is 8.21. The van der Waals surface area contributed by atoms with Gasteiger partial charge in [0.25, 0.3) is 5.91 Å². The molecule has 3 aromatic rings. The molecule has 0 fully saturated rings. The lowest BCUT2D eigenvalue weighted by Gasteiger charge is -2.19. The molecule has 0 heterocycles. The first-order valence-electron chi connectivity index (χ1n) is 8.95. The molecule has 3 rings (SSSR count). The van der Waals surface area contributed by atoms with E-state index in [1.54, 1.807) is 0 Å². The third kappa shape index (κ3) is 5.81. The summed E-state index contributed by atoms with van der Waals surface area (Å²) in [4.78, 5) is 25.7. The summed E-state index contributed by atoms with van der Waals surface area (Å²) >= 11 is 0. The summed E-state index contributed by atoms with van der Waals surface area (Å²) in [6, 6.07) is 17.3. The number of benzene rings is 3. The molecule has 0 aliphatic carbocycles. The Morgan fingerprint density at radius 3 is 2.30 bits per heavy atom. The van der Waals surface area contributed by atoms with Crippen molar-refractivity contribution in [1.82, 2.24) is 5.32 Å².